The summed E-state index contributed by atoms with van der Waals surface area (Å²) in [4.78, 5) is 34.9. The molecule has 8 nitrogen and oxygen atoms in total. The summed E-state index contributed by atoms with van der Waals surface area (Å²) < 4.78 is 3.98. The van der Waals surface area contributed by atoms with Crippen molar-refractivity contribution in [2.45, 2.75) is 3.92 Å². The molecule has 2 N–H and O–H groups in total. The SMILES string of the molecule is COC(=O)C(I)CNC(=O)c1cc([N+](=O)[O-])c[nH]1. The van der Waals surface area contributed by atoms with E-state index >= 15 is 0 Å². The lowest BCUT2D eigenvalue weighted by molar-refractivity contribution is -0.384. The monoisotopic (exact) mass is 367 g/mol. The second kappa shape index (κ2) is 6.33. The Kier molecular flexibility index (Phi) is 5.07. The number of nitrogens with one attached hydrogen (secondary N) is 2. The van der Waals surface area contributed by atoms with Crippen LogP contribution in [0, 0.1) is 10.1 Å². The molecule has 0 aliphatic rings. The molecule has 0 radical (unpaired) electrons. The molecule has 1 unspecified atom stereocenters. The van der Waals surface area contributed by atoms with E-state index < -0.39 is 20.7 Å². The molecule has 1 aromatic rings. The summed E-state index contributed by atoms with van der Waals surface area (Å²) in [5, 5.41) is 12.9. The molecule has 1 aromatic heterocycles. The van der Waals surface area contributed by atoms with Crippen LogP contribution in [-0.4, -0.2) is 39.4 Å². The zero-order valence-corrected chi connectivity index (χ0v) is 11.5. The van der Waals surface area contributed by atoms with Gasteiger partial charge in [-0.1, -0.05) is 22.6 Å². The maximum absolute atomic E-state index is 11.6. The number of aromatic nitrogens is 1. The first-order chi connectivity index (χ1) is 8.45. The van der Waals surface area contributed by atoms with Crippen LogP contribution in [0.5, 0.6) is 0 Å². The zero-order valence-electron chi connectivity index (χ0n) is 9.31. The van der Waals surface area contributed by atoms with Gasteiger partial charge in [0.1, 0.15) is 9.62 Å². The molecule has 0 spiro atoms. The van der Waals surface area contributed by atoms with Crippen molar-refractivity contribution in [3.63, 3.8) is 0 Å². The number of carbonyl (C=O) groups excluding carboxylic acids is 2. The Balaban J connectivity index is 2.55. The van der Waals surface area contributed by atoms with Gasteiger partial charge >= 0.3 is 5.97 Å². The molecule has 98 valence electrons. The summed E-state index contributed by atoms with van der Waals surface area (Å²) in [5.74, 6) is -0.970. The first-order valence-electron chi connectivity index (χ1n) is 4.78. The summed E-state index contributed by atoms with van der Waals surface area (Å²) in [6, 6.07) is 1.12. The first-order valence-corrected chi connectivity index (χ1v) is 6.03. The fourth-order valence-electron chi connectivity index (χ4n) is 1.11. The second-order valence-electron chi connectivity index (χ2n) is 3.23. The first kappa shape index (κ1) is 14.4. The molecule has 0 bridgehead atoms. The molecular weight excluding hydrogens is 357 g/mol. The van der Waals surface area contributed by atoms with Crippen molar-refractivity contribution in [1.82, 2.24) is 10.3 Å². The smallest absolute Gasteiger partial charge is 0.320 e. The highest BCUT2D eigenvalue weighted by molar-refractivity contribution is 14.1. The second-order valence-corrected chi connectivity index (χ2v) is 4.73. The van der Waals surface area contributed by atoms with Gasteiger partial charge in [0.15, 0.2) is 0 Å². The number of amides is 1. The number of nitrogens with zero attached hydrogens (tertiary/aromatic N) is 1. The number of halogens is 1. The fourth-order valence-corrected chi connectivity index (χ4v) is 1.58. The molecule has 1 heterocycles. The topological polar surface area (TPSA) is 114 Å². The van der Waals surface area contributed by atoms with Crippen molar-refractivity contribution in [3.05, 3.63) is 28.1 Å². The fraction of sp³-hybridized carbons (Fsp3) is 0.333. The van der Waals surface area contributed by atoms with Gasteiger partial charge in [0.2, 0.25) is 0 Å². The van der Waals surface area contributed by atoms with E-state index in [2.05, 4.69) is 15.0 Å². The average molecular weight is 367 g/mol. The van der Waals surface area contributed by atoms with Crippen LogP contribution < -0.4 is 5.32 Å². The van der Waals surface area contributed by atoms with E-state index in [0.717, 1.165) is 12.3 Å². The van der Waals surface area contributed by atoms with Gasteiger partial charge in [-0.2, -0.15) is 0 Å². The Labute approximate surface area is 115 Å². The summed E-state index contributed by atoms with van der Waals surface area (Å²) in [6.45, 7) is 0.0822. The van der Waals surface area contributed by atoms with Crippen LogP contribution in [0.3, 0.4) is 0 Å². The van der Waals surface area contributed by atoms with Crippen LogP contribution in [-0.2, 0) is 9.53 Å². The van der Waals surface area contributed by atoms with Crippen LogP contribution in [0.15, 0.2) is 12.3 Å². The molecule has 9 heteroatoms. The number of esters is 1. The van der Waals surface area contributed by atoms with Crippen molar-refractivity contribution in [1.29, 1.82) is 0 Å². The van der Waals surface area contributed by atoms with Gasteiger partial charge in [0, 0.05) is 12.6 Å². The van der Waals surface area contributed by atoms with Gasteiger partial charge in [0.25, 0.3) is 11.6 Å². The molecule has 0 aliphatic carbocycles. The largest absolute Gasteiger partial charge is 0.468 e. The molecule has 18 heavy (non-hydrogen) atoms. The third-order valence-electron chi connectivity index (χ3n) is 2.02. The number of ether oxygens (including phenoxy) is 1. The molecule has 0 aliphatic heterocycles. The van der Waals surface area contributed by atoms with Crippen LogP contribution >= 0.6 is 22.6 Å². The summed E-state index contributed by atoms with van der Waals surface area (Å²) in [7, 11) is 1.25. The molecule has 1 atom stereocenters. The molecule has 0 fully saturated rings. The van der Waals surface area contributed by atoms with Gasteiger partial charge in [-0.3, -0.25) is 19.7 Å². The van der Waals surface area contributed by atoms with Crippen LogP contribution in [0.25, 0.3) is 0 Å². The van der Waals surface area contributed by atoms with Gasteiger partial charge in [0.05, 0.1) is 18.2 Å². The quantitative estimate of drug-likeness (QED) is 0.261. The Hall–Kier alpha value is -1.65. The number of hydrogen-bond donors (Lipinski definition) is 2. The van der Waals surface area contributed by atoms with Gasteiger partial charge in [-0.05, 0) is 0 Å². The van der Waals surface area contributed by atoms with Crippen molar-refractivity contribution in [3.8, 4) is 0 Å². The normalized spacial score (nSPS) is 11.7. The number of methoxy groups -OCH3 is 1. The molecule has 1 rings (SSSR count). The average Bonchev–Trinajstić information content (AvgIpc) is 2.84. The highest BCUT2D eigenvalue weighted by Gasteiger charge is 2.18. The minimum absolute atomic E-state index is 0.0650. The predicted octanol–water partition coefficient (Wildman–Crippen LogP) is 0.629. The van der Waals surface area contributed by atoms with E-state index in [0.29, 0.717) is 0 Å². The predicted molar refractivity (Wildman–Crippen MR) is 69.6 cm³/mol. The lowest BCUT2D eigenvalue weighted by Gasteiger charge is -2.08. The third-order valence-corrected chi connectivity index (χ3v) is 2.97. The number of nitro groups is 1. The molecule has 1 amide bonds. The molecule has 0 saturated carbocycles. The van der Waals surface area contributed by atoms with Crippen LogP contribution in [0.4, 0.5) is 5.69 Å². The van der Waals surface area contributed by atoms with Crippen molar-refractivity contribution in [2.75, 3.05) is 13.7 Å². The van der Waals surface area contributed by atoms with Crippen molar-refractivity contribution >= 4 is 40.2 Å². The maximum Gasteiger partial charge on any atom is 0.320 e. The van der Waals surface area contributed by atoms with E-state index in [1.807, 2.05) is 22.6 Å². The number of carbonyl (C=O) groups is 2. The van der Waals surface area contributed by atoms with Gasteiger partial charge in [-0.25, -0.2) is 0 Å². The van der Waals surface area contributed by atoms with Crippen molar-refractivity contribution < 1.29 is 19.2 Å². The standard InChI is InChI=1S/C9H10IN3O5/c1-18-9(15)6(10)4-12-8(14)7-2-5(3-11-7)13(16)17/h2-3,6,11H,4H2,1H3,(H,12,14). The summed E-state index contributed by atoms with van der Waals surface area (Å²) in [5.41, 5.74) is -0.130. The summed E-state index contributed by atoms with van der Waals surface area (Å²) >= 11 is 1.83. The summed E-state index contributed by atoms with van der Waals surface area (Å²) in [6.07, 6.45) is 1.12. The third kappa shape index (κ3) is 3.68. The molecule has 0 saturated heterocycles. The highest BCUT2D eigenvalue weighted by Crippen LogP contribution is 2.12. The zero-order chi connectivity index (χ0) is 13.7. The van der Waals surface area contributed by atoms with Crippen molar-refractivity contribution in [2.24, 2.45) is 0 Å². The van der Waals surface area contributed by atoms with E-state index in [1.54, 1.807) is 0 Å². The van der Waals surface area contributed by atoms with E-state index in [9.17, 15) is 19.7 Å². The Morgan fingerprint density at radius 2 is 2.33 bits per heavy atom. The van der Waals surface area contributed by atoms with Gasteiger partial charge < -0.3 is 15.0 Å². The number of hydrogen-bond acceptors (Lipinski definition) is 5. The number of rotatable bonds is 5. The molecular formula is C9H10IN3O5. The Bertz CT molecular complexity index is 473. The van der Waals surface area contributed by atoms with E-state index in [-0.39, 0.29) is 17.9 Å². The Morgan fingerprint density at radius 3 is 2.83 bits per heavy atom. The number of H-pyrrole nitrogens is 1. The van der Waals surface area contributed by atoms with E-state index in [4.69, 9.17) is 0 Å². The lowest BCUT2D eigenvalue weighted by Crippen LogP contribution is -2.33. The number of aromatic amines is 1. The Morgan fingerprint density at radius 1 is 1.67 bits per heavy atom. The highest BCUT2D eigenvalue weighted by atomic mass is 127. The van der Waals surface area contributed by atoms with Crippen LogP contribution in [0.2, 0.25) is 0 Å². The maximum atomic E-state index is 11.6. The number of alkyl halides is 1. The lowest BCUT2D eigenvalue weighted by atomic mass is 10.3. The molecule has 0 aromatic carbocycles. The van der Waals surface area contributed by atoms with Gasteiger partial charge in [-0.15, -0.1) is 0 Å². The minimum Gasteiger partial charge on any atom is -0.468 e. The van der Waals surface area contributed by atoms with E-state index in [1.165, 1.54) is 7.11 Å². The van der Waals surface area contributed by atoms with Crippen LogP contribution in [0.1, 0.15) is 10.5 Å². The minimum atomic E-state index is -0.608.